The molecule has 0 aliphatic heterocycles. The third-order valence-electron chi connectivity index (χ3n) is 3.21. The van der Waals surface area contributed by atoms with Gasteiger partial charge in [0.1, 0.15) is 0 Å². The number of methoxy groups -OCH3 is 1. The van der Waals surface area contributed by atoms with Crippen molar-refractivity contribution in [2.45, 2.75) is 45.6 Å². The lowest BCUT2D eigenvalue weighted by Crippen LogP contribution is -2.23. The molecule has 1 rings (SSSR count). The average Bonchev–Trinajstić information content (AvgIpc) is 2.36. The molecule has 0 saturated heterocycles. The van der Waals surface area contributed by atoms with Gasteiger partial charge in [-0.2, -0.15) is 0 Å². The number of aryl methyl sites for hydroxylation is 1. The van der Waals surface area contributed by atoms with Crippen molar-refractivity contribution in [3.63, 3.8) is 0 Å². The summed E-state index contributed by atoms with van der Waals surface area (Å²) in [6, 6.07) is 7.85. The van der Waals surface area contributed by atoms with E-state index in [-0.39, 0.29) is 11.4 Å². The molecule has 1 aromatic rings. The van der Waals surface area contributed by atoms with Gasteiger partial charge in [0.05, 0.1) is 5.60 Å². The summed E-state index contributed by atoms with van der Waals surface area (Å²) in [4.78, 5) is 12.1. The molecule has 0 bridgehead atoms. The summed E-state index contributed by atoms with van der Waals surface area (Å²) in [5.74, 6) is 0.215. The third kappa shape index (κ3) is 3.97. The Hall–Kier alpha value is -1.15. The molecule has 0 heterocycles. The lowest BCUT2D eigenvalue weighted by molar-refractivity contribution is 0.0141. The molecule has 0 radical (unpaired) electrons. The molecule has 0 amide bonds. The maximum Gasteiger partial charge on any atom is 0.163 e. The number of ketones is 1. The predicted octanol–water partition coefficient (Wildman–Crippen LogP) is 3.64. The first-order chi connectivity index (χ1) is 8.00. The van der Waals surface area contributed by atoms with Crippen LogP contribution in [0.15, 0.2) is 24.3 Å². The Balaban J connectivity index is 2.70. The standard InChI is InChI=1S/C15H22O2/c1-5-12-8-6-7-9-13(12)14(16)10-11-15(2,3)17-4/h6-9H,5,10-11H2,1-4H3. The van der Waals surface area contributed by atoms with E-state index in [2.05, 4.69) is 6.92 Å². The predicted molar refractivity (Wildman–Crippen MR) is 70.5 cm³/mol. The summed E-state index contributed by atoms with van der Waals surface area (Å²) < 4.78 is 5.33. The van der Waals surface area contributed by atoms with Gasteiger partial charge >= 0.3 is 0 Å². The lowest BCUT2D eigenvalue weighted by Gasteiger charge is -2.22. The van der Waals surface area contributed by atoms with Crippen molar-refractivity contribution < 1.29 is 9.53 Å². The van der Waals surface area contributed by atoms with Gasteiger partial charge in [-0.15, -0.1) is 0 Å². The van der Waals surface area contributed by atoms with E-state index >= 15 is 0 Å². The first kappa shape index (κ1) is 13.9. The van der Waals surface area contributed by atoms with Crippen LogP contribution in [0.1, 0.15) is 49.5 Å². The van der Waals surface area contributed by atoms with Crippen LogP contribution < -0.4 is 0 Å². The zero-order valence-corrected chi connectivity index (χ0v) is 11.2. The molecule has 0 atom stereocenters. The van der Waals surface area contributed by atoms with Crippen LogP contribution in [-0.2, 0) is 11.2 Å². The second-order valence-corrected chi connectivity index (χ2v) is 4.90. The zero-order chi connectivity index (χ0) is 12.9. The fourth-order valence-corrected chi connectivity index (χ4v) is 1.75. The van der Waals surface area contributed by atoms with Crippen LogP contribution in [0.4, 0.5) is 0 Å². The van der Waals surface area contributed by atoms with Crippen LogP contribution in [0.25, 0.3) is 0 Å². The van der Waals surface area contributed by atoms with Crippen molar-refractivity contribution in [1.29, 1.82) is 0 Å². The van der Waals surface area contributed by atoms with E-state index in [9.17, 15) is 4.79 Å². The highest BCUT2D eigenvalue weighted by molar-refractivity contribution is 5.97. The largest absolute Gasteiger partial charge is 0.379 e. The van der Waals surface area contributed by atoms with Gasteiger partial charge in [-0.1, -0.05) is 31.2 Å². The monoisotopic (exact) mass is 234 g/mol. The summed E-state index contributed by atoms with van der Waals surface area (Å²) in [6.45, 7) is 6.09. The van der Waals surface area contributed by atoms with Gasteiger partial charge in [0, 0.05) is 19.1 Å². The van der Waals surface area contributed by atoms with Crippen LogP contribution in [0.2, 0.25) is 0 Å². The fourth-order valence-electron chi connectivity index (χ4n) is 1.75. The summed E-state index contributed by atoms with van der Waals surface area (Å²) in [6.07, 6.45) is 2.19. The minimum atomic E-state index is -0.225. The maximum atomic E-state index is 12.1. The lowest BCUT2D eigenvalue weighted by atomic mass is 9.94. The van der Waals surface area contributed by atoms with Crippen molar-refractivity contribution in [2.75, 3.05) is 7.11 Å². The maximum absolute atomic E-state index is 12.1. The van der Waals surface area contributed by atoms with Crippen LogP contribution in [0, 0.1) is 0 Å². The Morgan fingerprint density at radius 1 is 1.29 bits per heavy atom. The second-order valence-electron chi connectivity index (χ2n) is 4.90. The van der Waals surface area contributed by atoms with E-state index in [0.717, 1.165) is 24.0 Å². The summed E-state index contributed by atoms with van der Waals surface area (Å²) in [7, 11) is 1.68. The van der Waals surface area contributed by atoms with Crippen molar-refractivity contribution >= 4 is 5.78 Å². The number of benzene rings is 1. The van der Waals surface area contributed by atoms with Crippen LogP contribution in [0.5, 0.6) is 0 Å². The molecule has 0 aromatic heterocycles. The van der Waals surface area contributed by atoms with E-state index in [1.54, 1.807) is 7.11 Å². The van der Waals surface area contributed by atoms with E-state index in [0.29, 0.717) is 6.42 Å². The van der Waals surface area contributed by atoms with E-state index in [4.69, 9.17) is 4.74 Å². The minimum Gasteiger partial charge on any atom is -0.379 e. The molecule has 0 aliphatic carbocycles. The third-order valence-corrected chi connectivity index (χ3v) is 3.21. The zero-order valence-electron chi connectivity index (χ0n) is 11.2. The molecule has 0 unspecified atom stereocenters. The number of carbonyl (C=O) groups excluding carboxylic acids is 1. The quantitative estimate of drug-likeness (QED) is 0.702. The van der Waals surface area contributed by atoms with Gasteiger partial charge in [-0.05, 0) is 32.3 Å². The Bertz CT molecular complexity index is 380. The molecule has 1 aromatic carbocycles. The molecule has 0 spiro atoms. The molecular weight excluding hydrogens is 212 g/mol. The smallest absolute Gasteiger partial charge is 0.163 e. The van der Waals surface area contributed by atoms with Gasteiger partial charge in [0.2, 0.25) is 0 Å². The number of rotatable bonds is 6. The molecule has 2 heteroatoms. The van der Waals surface area contributed by atoms with Crippen LogP contribution in [-0.4, -0.2) is 18.5 Å². The molecule has 0 fully saturated rings. The second kappa shape index (κ2) is 5.97. The highest BCUT2D eigenvalue weighted by Gasteiger charge is 2.19. The van der Waals surface area contributed by atoms with Gasteiger partial charge < -0.3 is 4.74 Å². The number of carbonyl (C=O) groups is 1. The highest BCUT2D eigenvalue weighted by atomic mass is 16.5. The molecular formula is C15H22O2. The van der Waals surface area contributed by atoms with E-state index in [1.165, 1.54) is 0 Å². The Kier molecular flexibility index (Phi) is 4.88. The molecule has 94 valence electrons. The first-order valence-corrected chi connectivity index (χ1v) is 6.16. The van der Waals surface area contributed by atoms with Gasteiger partial charge in [0.25, 0.3) is 0 Å². The van der Waals surface area contributed by atoms with Crippen molar-refractivity contribution in [3.05, 3.63) is 35.4 Å². The molecule has 17 heavy (non-hydrogen) atoms. The summed E-state index contributed by atoms with van der Waals surface area (Å²) >= 11 is 0. The normalized spacial score (nSPS) is 11.5. The van der Waals surface area contributed by atoms with Crippen LogP contribution in [0.3, 0.4) is 0 Å². The Labute approximate surface area is 104 Å². The van der Waals surface area contributed by atoms with Gasteiger partial charge in [-0.3, -0.25) is 4.79 Å². The topological polar surface area (TPSA) is 26.3 Å². The number of hydrogen-bond donors (Lipinski definition) is 0. The van der Waals surface area contributed by atoms with Crippen molar-refractivity contribution in [1.82, 2.24) is 0 Å². The number of hydrogen-bond acceptors (Lipinski definition) is 2. The number of ether oxygens (including phenoxy) is 1. The fraction of sp³-hybridized carbons (Fsp3) is 0.533. The Morgan fingerprint density at radius 2 is 1.94 bits per heavy atom. The molecule has 0 aliphatic rings. The van der Waals surface area contributed by atoms with Gasteiger partial charge in [0.15, 0.2) is 5.78 Å². The van der Waals surface area contributed by atoms with E-state index in [1.807, 2.05) is 38.1 Å². The van der Waals surface area contributed by atoms with E-state index < -0.39 is 0 Å². The molecule has 0 saturated carbocycles. The SMILES string of the molecule is CCc1ccccc1C(=O)CCC(C)(C)OC. The molecule has 0 N–H and O–H groups in total. The summed E-state index contributed by atoms with van der Waals surface area (Å²) in [5.41, 5.74) is 1.77. The molecule has 2 nitrogen and oxygen atoms in total. The number of Topliss-reactive ketones (excluding diaryl/α,β-unsaturated/α-hetero) is 1. The van der Waals surface area contributed by atoms with Gasteiger partial charge in [-0.25, -0.2) is 0 Å². The highest BCUT2D eigenvalue weighted by Crippen LogP contribution is 2.19. The first-order valence-electron chi connectivity index (χ1n) is 6.16. The van der Waals surface area contributed by atoms with Crippen LogP contribution >= 0.6 is 0 Å². The minimum absolute atomic E-state index is 0.215. The Morgan fingerprint density at radius 3 is 2.53 bits per heavy atom. The summed E-state index contributed by atoms with van der Waals surface area (Å²) in [5, 5.41) is 0. The van der Waals surface area contributed by atoms with Crippen molar-refractivity contribution in [2.24, 2.45) is 0 Å². The average molecular weight is 234 g/mol. The van der Waals surface area contributed by atoms with Crippen molar-refractivity contribution in [3.8, 4) is 0 Å².